The Hall–Kier alpha value is -0.830. The Balaban J connectivity index is 2.69. The molecule has 0 amide bonds. The second-order valence-corrected chi connectivity index (χ2v) is 2.53. The van der Waals surface area contributed by atoms with Crippen LogP contribution in [0.25, 0.3) is 0 Å². The number of hydrogen-bond acceptors (Lipinski definition) is 3. The Morgan fingerprint density at radius 1 is 1.80 bits per heavy atom. The van der Waals surface area contributed by atoms with Crippen LogP contribution in [0, 0.1) is 0 Å². The molecule has 1 heterocycles. The Morgan fingerprint density at radius 3 is 2.90 bits per heavy atom. The zero-order valence-corrected chi connectivity index (χ0v) is 6.39. The van der Waals surface area contributed by atoms with Crippen molar-refractivity contribution in [2.45, 2.75) is 19.9 Å². The zero-order chi connectivity index (χ0) is 7.56. The van der Waals surface area contributed by atoms with Crippen LogP contribution >= 0.6 is 0 Å². The summed E-state index contributed by atoms with van der Waals surface area (Å²) in [6.45, 7) is 4.62. The van der Waals surface area contributed by atoms with Crippen molar-refractivity contribution in [2.75, 3.05) is 6.67 Å². The summed E-state index contributed by atoms with van der Waals surface area (Å²) in [5.74, 6) is 0. The van der Waals surface area contributed by atoms with Gasteiger partial charge in [-0.05, 0) is 19.9 Å². The average Bonchev–Trinajstić information content (AvgIpc) is 1.88. The Kier molecular flexibility index (Phi) is 2.06. The van der Waals surface area contributed by atoms with E-state index in [1.807, 2.05) is 19.9 Å². The SMILES string of the molecule is CC1=CC(C(C)N)=NCN1. The second-order valence-electron chi connectivity index (χ2n) is 2.53. The first-order valence-electron chi connectivity index (χ1n) is 3.42. The summed E-state index contributed by atoms with van der Waals surface area (Å²) < 4.78 is 0. The van der Waals surface area contributed by atoms with E-state index in [1.165, 1.54) is 0 Å². The summed E-state index contributed by atoms with van der Waals surface area (Å²) in [5, 5.41) is 3.08. The van der Waals surface area contributed by atoms with Crippen molar-refractivity contribution in [2.24, 2.45) is 10.7 Å². The van der Waals surface area contributed by atoms with Gasteiger partial charge < -0.3 is 11.1 Å². The van der Waals surface area contributed by atoms with Crippen LogP contribution in [0.15, 0.2) is 16.8 Å². The minimum Gasteiger partial charge on any atom is -0.370 e. The smallest absolute Gasteiger partial charge is 0.107 e. The predicted octanol–water partition coefficient (Wildman–Crippen LogP) is 0.239. The van der Waals surface area contributed by atoms with Crippen molar-refractivity contribution in [3.8, 4) is 0 Å². The molecular weight excluding hydrogens is 126 g/mol. The van der Waals surface area contributed by atoms with E-state index >= 15 is 0 Å². The topological polar surface area (TPSA) is 50.4 Å². The molecule has 0 fully saturated rings. The molecule has 0 aromatic rings. The maximum atomic E-state index is 5.63. The van der Waals surface area contributed by atoms with Gasteiger partial charge in [0, 0.05) is 11.7 Å². The van der Waals surface area contributed by atoms with E-state index in [2.05, 4.69) is 10.3 Å². The summed E-state index contributed by atoms with van der Waals surface area (Å²) in [7, 11) is 0. The lowest BCUT2D eigenvalue weighted by atomic mass is 10.2. The van der Waals surface area contributed by atoms with Crippen LogP contribution in [0.3, 0.4) is 0 Å². The molecule has 3 heteroatoms. The quantitative estimate of drug-likeness (QED) is 0.546. The van der Waals surface area contributed by atoms with Crippen LogP contribution < -0.4 is 11.1 Å². The third kappa shape index (κ3) is 1.57. The normalized spacial score (nSPS) is 20.7. The van der Waals surface area contributed by atoms with Crippen molar-refractivity contribution in [3.63, 3.8) is 0 Å². The number of hydrogen-bond donors (Lipinski definition) is 2. The molecule has 0 spiro atoms. The molecule has 1 aliphatic rings. The van der Waals surface area contributed by atoms with E-state index in [-0.39, 0.29) is 6.04 Å². The Morgan fingerprint density at radius 2 is 2.50 bits per heavy atom. The van der Waals surface area contributed by atoms with Crippen molar-refractivity contribution >= 4 is 5.71 Å². The molecule has 0 saturated carbocycles. The summed E-state index contributed by atoms with van der Waals surface area (Å²) in [6, 6.07) is 0.0528. The Bertz CT molecular complexity index is 179. The van der Waals surface area contributed by atoms with Gasteiger partial charge in [0.05, 0.1) is 5.71 Å². The molecule has 1 rings (SSSR count). The van der Waals surface area contributed by atoms with Crippen molar-refractivity contribution < 1.29 is 0 Å². The molecule has 0 saturated heterocycles. The first-order valence-corrected chi connectivity index (χ1v) is 3.42. The lowest BCUT2D eigenvalue weighted by molar-refractivity contribution is 0.800. The minimum atomic E-state index is 0.0528. The van der Waals surface area contributed by atoms with E-state index in [0.29, 0.717) is 6.67 Å². The molecule has 0 bridgehead atoms. The molecule has 10 heavy (non-hydrogen) atoms. The first kappa shape index (κ1) is 7.28. The molecule has 0 radical (unpaired) electrons. The van der Waals surface area contributed by atoms with Gasteiger partial charge in [0.15, 0.2) is 0 Å². The van der Waals surface area contributed by atoms with Gasteiger partial charge in [-0.1, -0.05) is 0 Å². The molecular formula is C7H13N3. The van der Waals surface area contributed by atoms with E-state index in [9.17, 15) is 0 Å². The third-order valence-corrected chi connectivity index (χ3v) is 1.45. The van der Waals surface area contributed by atoms with Crippen molar-refractivity contribution in [1.29, 1.82) is 0 Å². The fraction of sp³-hybridized carbons (Fsp3) is 0.571. The fourth-order valence-corrected chi connectivity index (χ4v) is 0.849. The lowest BCUT2D eigenvalue weighted by Gasteiger charge is -2.14. The maximum Gasteiger partial charge on any atom is 0.107 e. The van der Waals surface area contributed by atoms with E-state index in [0.717, 1.165) is 11.4 Å². The van der Waals surface area contributed by atoms with Crippen molar-refractivity contribution in [1.82, 2.24) is 5.32 Å². The molecule has 1 atom stereocenters. The number of allylic oxidation sites excluding steroid dienone is 1. The van der Waals surface area contributed by atoms with E-state index in [4.69, 9.17) is 5.73 Å². The van der Waals surface area contributed by atoms with Gasteiger partial charge in [-0.25, -0.2) is 0 Å². The highest BCUT2D eigenvalue weighted by Crippen LogP contribution is 1.97. The number of nitrogens with one attached hydrogen (secondary N) is 1. The standard InChI is InChI=1S/C7H13N3/c1-5-3-7(6(2)8)10-4-9-5/h3,6,9H,4,8H2,1-2H3. The van der Waals surface area contributed by atoms with Gasteiger partial charge in [0.25, 0.3) is 0 Å². The van der Waals surface area contributed by atoms with Crippen LogP contribution in [0.4, 0.5) is 0 Å². The number of aliphatic imine (C=N–C) groups is 1. The van der Waals surface area contributed by atoms with Gasteiger partial charge in [0.1, 0.15) is 6.67 Å². The largest absolute Gasteiger partial charge is 0.370 e. The van der Waals surface area contributed by atoms with E-state index in [1.54, 1.807) is 0 Å². The Labute approximate surface area is 61.0 Å². The molecule has 3 N–H and O–H groups in total. The van der Waals surface area contributed by atoms with Crippen molar-refractivity contribution in [3.05, 3.63) is 11.8 Å². The maximum absolute atomic E-state index is 5.63. The summed E-state index contributed by atoms with van der Waals surface area (Å²) in [5.41, 5.74) is 7.75. The number of nitrogens with two attached hydrogens (primary N) is 1. The van der Waals surface area contributed by atoms with Gasteiger partial charge in [-0.2, -0.15) is 0 Å². The van der Waals surface area contributed by atoms with Crippen LogP contribution in [0.1, 0.15) is 13.8 Å². The number of nitrogens with zero attached hydrogens (tertiary/aromatic N) is 1. The molecule has 3 nitrogen and oxygen atoms in total. The predicted molar refractivity (Wildman–Crippen MR) is 42.8 cm³/mol. The van der Waals surface area contributed by atoms with Gasteiger partial charge in [-0.15, -0.1) is 0 Å². The highest BCUT2D eigenvalue weighted by Gasteiger charge is 2.05. The van der Waals surface area contributed by atoms with Crippen LogP contribution in [0.2, 0.25) is 0 Å². The molecule has 0 aromatic heterocycles. The summed E-state index contributed by atoms with van der Waals surface area (Å²) in [6.07, 6.45) is 1.98. The highest BCUT2D eigenvalue weighted by molar-refractivity contribution is 5.99. The monoisotopic (exact) mass is 139 g/mol. The molecule has 1 aliphatic heterocycles. The van der Waals surface area contributed by atoms with Gasteiger partial charge in [0.2, 0.25) is 0 Å². The minimum absolute atomic E-state index is 0.0528. The van der Waals surface area contributed by atoms with E-state index < -0.39 is 0 Å². The third-order valence-electron chi connectivity index (χ3n) is 1.45. The van der Waals surface area contributed by atoms with Crippen LogP contribution in [-0.2, 0) is 0 Å². The molecule has 56 valence electrons. The number of rotatable bonds is 1. The fourth-order valence-electron chi connectivity index (χ4n) is 0.849. The van der Waals surface area contributed by atoms with Crippen LogP contribution in [-0.4, -0.2) is 18.4 Å². The summed E-state index contributed by atoms with van der Waals surface area (Å²) >= 11 is 0. The zero-order valence-electron chi connectivity index (χ0n) is 6.39. The van der Waals surface area contributed by atoms with Gasteiger partial charge >= 0.3 is 0 Å². The lowest BCUT2D eigenvalue weighted by Crippen LogP contribution is -2.30. The first-order chi connectivity index (χ1) is 4.70. The van der Waals surface area contributed by atoms with Gasteiger partial charge in [-0.3, -0.25) is 4.99 Å². The second kappa shape index (κ2) is 2.84. The molecule has 0 aliphatic carbocycles. The summed E-state index contributed by atoms with van der Waals surface area (Å²) in [4.78, 5) is 4.18. The molecule has 1 unspecified atom stereocenters. The average molecular weight is 139 g/mol. The highest BCUT2D eigenvalue weighted by atomic mass is 15.0. The molecule has 0 aromatic carbocycles. The van der Waals surface area contributed by atoms with Crippen LogP contribution in [0.5, 0.6) is 0 Å².